The fourth-order valence-electron chi connectivity index (χ4n) is 3.83. The van der Waals surface area contributed by atoms with Crippen molar-refractivity contribution in [2.75, 3.05) is 0 Å². The molecule has 0 N–H and O–H groups in total. The molecule has 0 unspecified atom stereocenters. The minimum Gasteiger partial charge on any atom is -0.386 e. The van der Waals surface area contributed by atoms with Gasteiger partial charge in [0.05, 0.1) is 0 Å². The SMILES string of the molecule is CC(C)c1ccc(OP(=O)(Oc2ccccc2)Oc2ccc(C(C)C)cc2C(C)C)c(C(C)C)c1. The lowest BCUT2D eigenvalue weighted by Crippen LogP contribution is -2.11. The minimum atomic E-state index is -4.10. The first-order valence-corrected chi connectivity index (χ1v) is 14.0. The van der Waals surface area contributed by atoms with E-state index in [0.29, 0.717) is 29.1 Å². The van der Waals surface area contributed by atoms with E-state index in [0.717, 1.165) is 11.1 Å². The van der Waals surface area contributed by atoms with Crippen LogP contribution in [0.5, 0.6) is 17.2 Å². The van der Waals surface area contributed by atoms with Crippen molar-refractivity contribution >= 4 is 7.82 Å². The van der Waals surface area contributed by atoms with Crippen molar-refractivity contribution in [3.05, 3.63) is 89.0 Å². The van der Waals surface area contributed by atoms with Gasteiger partial charge in [0.1, 0.15) is 17.2 Å². The zero-order chi connectivity index (χ0) is 25.8. The molecule has 0 radical (unpaired) electrons. The summed E-state index contributed by atoms with van der Waals surface area (Å²) in [6.07, 6.45) is 0. The van der Waals surface area contributed by atoms with E-state index in [9.17, 15) is 4.57 Å². The van der Waals surface area contributed by atoms with Crippen molar-refractivity contribution in [2.24, 2.45) is 0 Å². The number of phosphoric acid groups is 1. The zero-order valence-electron chi connectivity index (χ0n) is 22.2. The van der Waals surface area contributed by atoms with Gasteiger partial charge in [0.2, 0.25) is 0 Å². The zero-order valence-corrected chi connectivity index (χ0v) is 23.1. The van der Waals surface area contributed by atoms with Crippen molar-refractivity contribution in [3.8, 4) is 17.2 Å². The van der Waals surface area contributed by atoms with Crippen LogP contribution in [0.25, 0.3) is 0 Å². The van der Waals surface area contributed by atoms with Gasteiger partial charge in [0.15, 0.2) is 0 Å². The molecule has 0 spiro atoms. The molecule has 4 nitrogen and oxygen atoms in total. The Kier molecular flexibility index (Phi) is 8.72. The van der Waals surface area contributed by atoms with Crippen LogP contribution in [-0.2, 0) is 4.57 Å². The average Bonchev–Trinajstić information content (AvgIpc) is 2.79. The van der Waals surface area contributed by atoms with Gasteiger partial charge >= 0.3 is 7.82 Å². The van der Waals surface area contributed by atoms with Gasteiger partial charge in [-0.3, -0.25) is 0 Å². The molecule has 0 aliphatic carbocycles. The Morgan fingerprint density at radius 1 is 0.543 bits per heavy atom. The van der Waals surface area contributed by atoms with E-state index in [-0.39, 0.29) is 11.8 Å². The Labute approximate surface area is 211 Å². The van der Waals surface area contributed by atoms with Crippen LogP contribution in [0.15, 0.2) is 66.7 Å². The van der Waals surface area contributed by atoms with E-state index in [4.69, 9.17) is 13.6 Å². The van der Waals surface area contributed by atoms with Gasteiger partial charge in [0.25, 0.3) is 0 Å². The van der Waals surface area contributed by atoms with Crippen molar-refractivity contribution in [1.82, 2.24) is 0 Å². The van der Waals surface area contributed by atoms with E-state index < -0.39 is 7.82 Å². The van der Waals surface area contributed by atoms with E-state index >= 15 is 0 Å². The lowest BCUT2D eigenvalue weighted by molar-refractivity contribution is 0.295. The first kappa shape index (κ1) is 26.9. The molecular weight excluding hydrogens is 455 g/mol. The molecule has 0 aromatic heterocycles. The predicted octanol–water partition coefficient (Wildman–Crippen LogP) is 9.83. The predicted molar refractivity (Wildman–Crippen MR) is 145 cm³/mol. The molecule has 0 atom stereocenters. The smallest absolute Gasteiger partial charge is 0.386 e. The number of hydrogen-bond acceptors (Lipinski definition) is 4. The van der Waals surface area contributed by atoms with Crippen molar-refractivity contribution < 1.29 is 18.1 Å². The third kappa shape index (κ3) is 6.92. The van der Waals surface area contributed by atoms with Gasteiger partial charge in [0, 0.05) is 0 Å². The molecule has 3 aromatic rings. The van der Waals surface area contributed by atoms with E-state index in [2.05, 4.69) is 67.5 Å². The maximum atomic E-state index is 14.2. The number of rotatable bonds is 10. The van der Waals surface area contributed by atoms with Gasteiger partial charge < -0.3 is 13.6 Å². The maximum Gasteiger partial charge on any atom is 0.647 e. The summed E-state index contributed by atoms with van der Waals surface area (Å²) in [4.78, 5) is 0. The number of hydrogen-bond donors (Lipinski definition) is 0. The van der Waals surface area contributed by atoms with Crippen LogP contribution >= 0.6 is 7.82 Å². The second-order valence-corrected chi connectivity index (χ2v) is 11.7. The first-order chi connectivity index (χ1) is 16.5. The third-order valence-corrected chi connectivity index (χ3v) is 7.30. The Hall–Kier alpha value is -2.71. The summed E-state index contributed by atoms with van der Waals surface area (Å²) in [5.74, 6) is 2.53. The highest BCUT2D eigenvalue weighted by Crippen LogP contribution is 2.52. The quantitative estimate of drug-likeness (QED) is 0.263. The molecule has 0 bridgehead atoms. The lowest BCUT2D eigenvalue weighted by Gasteiger charge is -2.24. The number of para-hydroxylation sites is 1. The second-order valence-electron chi connectivity index (χ2n) is 10.2. The molecule has 0 aliphatic rings. The largest absolute Gasteiger partial charge is 0.647 e. The fraction of sp³-hybridized carbons (Fsp3) is 0.400. The molecule has 0 saturated heterocycles. The van der Waals surface area contributed by atoms with Gasteiger partial charge in [-0.1, -0.05) is 97.9 Å². The third-order valence-electron chi connectivity index (χ3n) is 6.03. The molecule has 0 amide bonds. The molecule has 0 heterocycles. The summed E-state index contributed by atoms with van der Waals surface area (Å²) < 4.78 is 32.5. The Balaban J connectivity index is 2.06. The van der Waals surface area contributed by atoms with E-state index in [1.807, 2.05) is 42.5 Å². The summed E-state index contributed by atoms with van der Waals surface area (Å²) in [7, 11) is -4.10. The van der Waals surface area contributed by atoms with Crippen LogP contribution in [-0.4, -0.2) is 0 Å². The Morgan fingerprint density at radius 3 is 1.34 bits per heavy atom. The summed E-state index contributed by atoms with van der Waals surface area (Å²) in [5, 5.41) is 0. The van der Waals surface area contributed by atoms with Crippen LogP contribution in [0.4, 0.5) is 0 Å². The molecule has 35 heavy (non-hydrogen) atoms. The molecule has 3 aromatic carbocycles. The van der Waals surface area contributed by atoms with Gasteiger partial charge in [-0.05, 0) is 70.2 Å². The molecule has 0 aliphatic heterocycles. The lowest BCUT2D eigenvalue weighted by atomic mass is 9.95. The normalized spacial score (nSPS) is 12.0. The topological polar surface area (TPSA) is 44.8 Å². The monoisotopic (exact) mass is 494 g/mol. The van der Waals surface area contributed by atoms with Gasteiger partial charge in [-0.2, -0.15) is 4.57 Å². The van der Waals surface area contributed by atoms with Gasteiger partial charge in [-0.25, -0.2) is 0 Å². The van der Waals surface area contributed by atoms with E-state index in [1.54, 1.807) is 12.1 Å². The minimum absolute atomic E-state index is 0.172. The highest BCUT2D eigenvalue weighted by atomic mass is 31.2. The highest BCUT2D eigenvalue weighted by molar-refractivity contribution is 7.49. The molecule has 3 rings (SSSR count). The Bertz CT molecular complexity index is 1100. The van der Waals surface area contributed by atoms with E-state index in [1.165, 1.54) is 11.1 Å². The molecule has 0 saturated carbocycles. The Morgan fingerprint density at radius 2 is 0.971 bits per heavy atom. The van der Waals surface area contributed by atoms with Crippen LogP contribution in [0.2, 0.25) is 0 Å². The maximum absolute atomic E-state index is 14.2. The van der Waals surface area contributed by atoms with Crippen molar-refractivity contribution in [1.29, 1.82) is 0 Å². The van der Waals surface area contributed by atoms with Crippen LogP contribution in [0.3, 0.4) is 0 Å². The van der Waals surface area contributed by atoms with Crippen LogP contribution in [0.1, 0.15) is 101 Å². The number of phosphoric ester groups is 1. The number of benzene rings is 3. The molecule has 0 fully saturated rings. The first-order valence-electron chi connectivity index (χ1n) is 12.5. The van der Waals surface area contributed by atoms with Gasteiger partial charge in [-0.15, -0.1) is 0 Å². The summed E-state index contributed by atoms with van der Waals surface area (Å²) in [6, 6.07) is 21.0. The standard InChI is InChI=1S/C30H39O4P/c1-20(2)24-14-16-29(27(18-24)22(5)6)33-35(31,32-26-12-10-9-11-13-26)34-30-17-15-25(21(3)4)19-28(30)23(7)8/h9-23H,1-8H3. The molecular formula is C30H39O4P. The summed E-state index contributed by atoms with van der Waals surface area (Å²) in [5.41, 5.74) is 4.34. The molecule has 5 heteroatoms. The summed E-state index contributed by atoms with van der Waals surface area (Å²) in [6.45, 7) is 17.0. The van der Waals surface area contributed by atoms with Crippen LogP contribution in [0, 0.1) is 0 Å². The highest BCUT2D eigenvalue weighted by Gasteiger charge is 2.35. The fourth-order valence-corrected chi connectivity index (χ4v) is 5.13. The molecule has 188 valence electrons. The van der Waals surface area contributed by atoms with Crippen molar-refractivity contribution in [2.45, 2.75) is 79.1 Å². The van der Waals surface area contributed by atoms with Crippen molar-refractivity contribution in [3.63, 3.8) is 0 Å². The van der Waals surface area contributed by atoms with Crippen LogP contribution < -0.4 is 13.6 Å². The second kappa shape index (κ2) is 11.4. The summed E-state index contributed by atoms with van der Waals surface area (Å²) >= 11 is 0. The average molecular weight is 495 g/mol.